The van der Waals surface area contributed by atoms with Gasteiger partial charge in [0.25, 0.3) is 5.56 Å². The first-order valence-electron chi connectivity index (χ1n) is 12.2. The summed E-state index contributed by atoms with van der Waals surface area (Å²) >= 11 is 0. The Hall–Kier alpha value is -4.10. The van der Waals surface area contributed by atoms with Crippen LogP contribution in [0.5, 0.6) is 5.75 Å². The lowest BCUT2D eigenvalue weighted by molar-refractivity contribution is 0.0968. The van der Waals surface area contributed by atoms with Crippen LogP contribution in [0.25, 0.3) is 11.0 Å². The van der Waals surface area contributed by atoms with Crippen molar-refractivity contribution in [3.05, 3.63) is 67.9 Å². The molecule has 1 aliphatic rings. The zero-order valence-corrected chi connectivity index (χ0v) is 21.7. The standard InChI is InChI=1S/C27H32N6O4/c1-17(2)10-12-32-24-23(21(14-28)25(32)31-11-6-8-19(29)15-31)30(3)27(36)33(26(24)35)16-22(34)18-7-5-9-20(13-18)37-4/h5,7,9-10,13,19H,6,8,11-12,15-16,29H2,1-4H3. The molecule has 2 aromatic heterocycles. The fraction of sp³-hybridized carbons (Fsp3) is 0.407. The molecule has 1 aromatic carbocycles. The van der Waals surface area contributed by atoms with Crippen molar-refractivity contribution in [3.8, 4) is 11.8 Å². The van der Waals surface area contributed by atoms with Gasteiger partial charge >= 0.3 is 5.69 Å². The number of allylic oxidation sites excluding steroid dienone is 2. The highest BCUT2D eigenvalue weighted by Crippen LogP contribution is 2.32. The summed E-state index contributed by atoms with van der Waals surface area (Å²) in [5.41, 5.74) is 7.08. The molecular formula is C27H32N6O4. The molecule has 0 bridgehead atoms. The van der Waals surface area contributed by atoms with Crippen LogP contribution in [-0.2, 0) is 20.1 Å². The molecule has 0 aliphatic carbocycles. The number of nitrogens with two attached hydrogens (primary N) is 1. The molecule has 1 saturated heterocycles. The van der Waals surface area contributed by atoms with Crippen molar-refractivity contribution in [1.29, 1.82) is 5.26 Å². The lowest BCUT2D eigenvalue weighted by Gasteiger charge is -2.33. The van der Waals surface area contributed by atoms with Crippen LogP contribution in [-0.4, -0.2) is 45.7 Å². The Morgan fingerprint density at radius 2 is 2.00 bits per heavy atom. The van der Waals surface area contributed by atoms with Gasteiger partial charge in [0, 0.05) is 38.3 Å². The second kappa shape index (κ2) is 10.5. The van der Waals surface area contributed by atoms with Crippen molar-refractivity contribution < 1.29 is 9.53 Å². The van der Waals surface area contributed by atoms with Gasteiger partial charge in [-0.05, 0) is 38.8 Å². The summed E-state index contributed by atoms with van der Waals surface area (Å²) in [5.74, 6) is 0.678. The largest absolute Gasteiger partial charge is 0.497 e. The van der Waals surface area contributed by atoms with E-state index in [2.05, 4.69) is 6.07 Å². The van der Waals surface area contributed by atoms with E-state index in [-0.39, 0.29) is 22.6 Å². The van der Waals surface area contributed by atoms with Crippen LogP contribution in [0.2, 0.25) is 0 Å². The minimum atomic E-state index is -0.661. The number of carbonyl (C=O) groups excluding carboxylic acids is 1. The summed E-state index contributed by atoms with van der Waals surface area (Å²) in [5, 5.41) is 10.2. The zero-order chi connectivity index (χ0) is 26.9. The number of nitriles is 1. The number of ketones is 1. The normalized spacial score (nSPS) is 15.5. The van der Waals surface area contributed by atoms with Crippen molar-refractivity contribution in [2.24, 2.45) is 12.8 Å². The van der Waals surface area contributed by atoms with Gasteiger partial charge in [-0.1, -0.05) is 23.8 Å². The molecule has 3 heterocycles. The maximum Gasteiger partial charge on any atom is 0.331 e. The number of anilines is 1. The van der Waals surface area contributed by atoms with Crippen molar-refractivity contribution in [1.82, 2.24) is 13.7 Å². The lowest BCUT2D eigenvalue weighted by atomic mass is 10.1. The van der Waals surface area contributed by atoms with Gasteiger partial charge in [-0.3, -0.25) is 18.7 Å². The van der Waals surface area contributed by atoms with Crippen LogP contribution in [0.4, 0.5) is 5.82 Å². The summed E-state index contributed by atoms with van der Waals surface area (Å²) in [4.78, 5) is 42.3. The van der Waals surface area contributed by atoms with Gasteiger partial charge in [0.05, 0.1) is 19.2 Å². The van der Waals surface area contributed by atoms with E-state index >= 15 is 0 Å². The molecule has 1 fully saturated rings. The van der Waals surface area contributed by atoms with E-state index < -0.39 is 23.6 Å². The molecule has 1 atom stereocenters. The predicted octanol–water partition coefficient (Wildman–Crippen LogP) is 2.16. The predicted molar refractivity (Wildman–Crippen MR) is 142 cm³/mol. The van der Waals surface area contributed by atoms with E-state index in [1.165, 1.54) is 18.7 Å². The smallest absolute Gasteiger partial charge is 0.331 e. The van der Waals surface area contributed by atoms with E-state index in [9.17, 15) is 19.6 Å². The number of carbonyl (C=O) groups is 1. The average Bonchev–Trinajstić information content (AvgIpc) is 3.23. The van der Waals surface area contributed by atoms with E-state index in [0.717, 1.165) is 23.0 Å². The first-order chi connectivity index (χ1) is 17.7. The number of methoxy groups -OCH3 is 1. The maximum absolute atomic E-state index is 13.9. The number of aryl methyl sites for hydroxylation is 1. The molecule has 0 spiro atoms. The molecule has 10 nitrogen and oxygen atoms in total. The number of hydrogen-bond donors (Lipinski definition) is 1. The average molecular weight is 505 g/mol. The summed E-state index contributed by atoms with van der Waals surface area (Å²) < 4.78 is 9.21. The highest BCUT2D eigenvalue weighted by Gasteiger charge is 2.30. The Bertz CT molecular complexity index is 1550. The third-order valence-electron chi connectivity index (χ3n) is 6.76. The highest BCUT2D eigenvalue weighted by atomic mass is 16.5. The molecule has 2 N–H and O–H groups in total. The molecule has 4 rings (SSSR count). The molecule has 1 aliphatic heterocycles. The second-order valence-corrected chi connectivity index (χ2v) is 9.64. The first-order valence-corrected chi connectivity index (χ1v) is 12.2. The lowest BCUT2D eigenvalue weighted by Crippen LogP contribution is -2.44. The molecule has 0 amide bonds. The van der Waals surface area contributed by atoms with Crippen molar-refractivity contribution in [2.45, 2.75) is 45.8 Å². The summed E-state index contributed by atoms with van der Waals surface area (Å²) in [6.45, 7) is 5.02. The monoisotopic (exact) mass is 504 g/mol. The Morgan fingerprint density at radius 1 is 1.24 bits per heavy atom. The van der Waals surface area contributed by atoms with Gasteiger partial charge < -0.3 is 19.9 Å². The van der Waals surface area contributed by atoms with Gasteiger partial charge in [0.1, 0.15) is 28.7 Å². The second-order valence-electron chi connectivity index (χ2n) is 9.64. The Labute approximate surface area is 214 Å². The molecule has 0 saturated carbocycles. The molecule has 37 heavy (non-hydrogen) atoms. The fourth-order valence-corrected chi connectivity index (χ4v) is 4.88. The minimum Gasteiger partial charge on any atom is -0.497 e. The van der Waals surface area contributed by atoms with Gasteiger partial charge in [-0.25, -0.2) is 4.79 Å². The van der Waals surface area contributed by atoms with E-state index in [0.29, 0.717) is 36.8 Å². The van der Waals surface area contributed by atoms with E-state index in [1.54, 1.807) is 28.8 Å². The SMILES string of the molecule is COc1cccc(C(=O)Cn2c(=O)c3c(c(C#N)c(N4CCCC(N)C4)n3CC=C(C)C)n(C)c2=O)c1. The molecule has 194 valence electrons. The number of rotatable bonds is 7. The molecule has 1 unspecified atom stereocenters. The molecule has 0 radical (unpaired) electrons. The van der Waals surface area contributed by atoms with Crippen LogP contribution >= 0.6 is 0 Å². The molecule has 10 heteroatoms. The number of benzene rings is 1. The number of ether oxygens (including phenoxy) is 1. The first kappa shape index (κ1) is 26.0. The number of fused-ring (bicyclic) bond motifs is 1. The number of Topliss-reactive ketones (excluding diaryl/α,β-unsaturated/α-hetero) is 1. The van der Waals surface area contributed by atoms with Crippen LogP contribution < -0.4 is 26.6 Å². The van der Waals surface area contributed by atoms with Gasteiger partial charge in [0.2, 0.25) is 0 Å². The topological polar surface area (TPSA) is 128 Å². The van der Waals surface area contributed by atoms with Gasteiger partial charge in [0.15, 0.2) is 5.78 Å². The molecular weight excluding hydrogens is 472 g/mol. The van der Waals surface area contributed by atoms with Crippen molar-refractivity contribution in [2.75, 3.05) is 25.1 Å². The molecule has 3 aromatic rings. The number of hydrogen-bond acceptors (Lipinski definition) is 7. The van der Waals surface area contributed by atoms with Crippen molar-refractivity contribution >= 4 is 22.6 Å². The Kier molecular flexibility index (Phi) is 7.36. The number of nitrogens with zero attached hydrogens (tertiary/aromatic N) is 5. The number of piperidine rings is 1. The third-order valence-corrected chi connectivity index (χ3v) is 6.76. The van der Waals surface area contributed by atoms with Crippen LogP contribution in [0.3, 0.4) is 0 Å². The quantitative estimate of drug-likeness (QED) is 0.386. The van der Waals surface area contributed by atoms with Crippen LogP contribution in [0.15, 0.2) is 45.5 Å². The minimum absolute atomic E-state index is 0.0591. The van der Waals surface area contributed by atoms with Crippen LogP contribution in [0.1, 0.15) is 42.6 Å². The Morgan fingerprint density at radius 3 is 2.65 bits per heavy atom. The zero-order valence-electron chi connectivity index (χ0n) is 21.7. The summed E-state index contributed by atoms with van der Waals surface area (Å²) in [6, 6.07) is 8.75. The van der Waals surface area contributed by atoms with E-state index in [1.807, 2.05) is 24.8 Å². The summed E-state index contributed by atoms with van der Waals surface area (Å²) in [7, 11) is 3.02. The van der Waals surface area contributed by atoms with Gasteiger partial charge in [-0.15, -0.1) is 0 Å². The maximum atomic E-state index is 13.9. The van der Waals surface area contributed by atoms with Crippen molar-refractivity contribution in [3.63, 3.8) is 0 Å². The number of aromatic nitrogens is 3. The Balaban J connectivity index is 1.96. The summed E-state index contributed by atoms with van der Waals surface area (Å²) in [6.07, 6.45) is 3.70. The highest BCUT2D eigenvalue weighted by molar-refractivity contribution is 5.96. The third kappa shape index (κ3) is 4.82. The van der Waals surface area contributed by atoms with Crippen LogP contribution in [0, 0.1) is 11.3 Å². The fourth-order valence-electron chi connectivity index (χ4n) is 4.88. The van der Waals surface area contributed by atoms with E-state index in [4.69, 9.17) is 10.5 Å². The van der Waals surface area contributed by atoms with Gasteiger partial charge in [-0.2, -0.15) is 5.26 Å².